The van der Waals surface area contributed by atoms with Crippen LogP contribution in [0.2, 0.25) is 0 Å². The molecule has 2 aromatic carbocycles. The van der Waals surface area contributed by atoms with Crippen LogP contribution >= 0.6 is 0 Å². The minimum atomic E-state index is -4.32. The Balaban J connectivity index is 1.60. The van der Waals surface area contributed by atoms with E-state index in [-0.39, 0.29) is 22.9 Å². The van der Waals surface area contributed by atoms with E-state index in [1.165, 1.54) is 46.1 Å². The molecule has 7 nitrogen and oxygen atoms in total. The number of halogens is 3. The Bertz CT molecular complexity index is 1260. The van der Waals surface area contributed by atoms with E-state index < -0.39 is 24.4 Å². The van der Waals surface area contributed by atoms with Gasteiger partial charge in [0.1, 0.15) is 5.69 Å². The fourth-order valence-electron chi connectivity index (χ4n) is 3.80. The Kier molecular flexibility index (Phi) is 5.64. The molecular weight excluding hydrogens is 435 g/mol. The third-order valence-corrected chi connectivity index (χ3v) is 5.25. The van der Waals surface area contributed by atoms with Crippen LogP contribution in [0.3, 0.4) is 0 Å². The first-order chi connectivity index (χ1) is 15.7. The lowest BCUT2D eigenvalue weighted by atomic mass is 10.1. The number of alkyl halides is 3. The van der Waals surface area contributed by atoms with E-state index >= 15 is 0 Å². The van der Waals surface area contributed by atoms with Gasteiger partial charge in [0.15, 0.2) is 0 Å². The van der Waals surface area contributed by atoms with Gasteiger partial charge in [-0.2, -0.15) is 23.5 Å². The summed E-state index contributed by atoms with van der Waals surface area (Å²) >= 11 is 0. The summed E-state index contributed by atoms with van der Waals surface area (Å²) in [6, 6.07) is 13.6. The molecule has 1 aliphatic rings. The number of hydrogen-bond donors (Lipinski definition) is 1. The van der Waals surface area contributed by atoms with Gasteiger partial charge in [-0.25, -0.2) is 0 Å². The summed E-state index contributed by atoms with van der Waals surface area (Å²) in [6.07, 6.45) is -4.07. The predicted molar refractivity (Wildman–Crippen MR) is 114 cm³/mol. The number of rotatable bonds is 4. The molecule has 1 aliphatic heterocycles. The number of hydrogen-bond acceptors (Lipinski definition) is 4. The molecule has 2 heterocycles. The number of nitrogens with one attached hydrogen (secondary N) is 1. The van der Waals surface area contributed by atoms with Gasteiger partial charge in [-0.15, -0.1) is 0 Å². The van der Waals surface area contributed by atoms with Crippen molar-refractivity contribution in [2.75, 3.05) is 10.2 Å². The SMILES string of the molecule is CC1Cn2ncc(C(=O)Nc3cccc(C#N)c3)c2C(=O)N1c1ccc(CC(F)(F)F)cc1. The first-order valence-electron chi connectivity index (χ1n) is 10.0. The summed E-state index contributed by atoms with van der Waals surface area (Å²) in [5, 5.41) is 15.9. The second-order valence-electron chi connectivity index (χ2n) is 7.72. The van der Waals surface area contributed by atoms with E-state index in [0.717, 1.165) is 0 Å². The summed E-state index contributed by atoms with van der Waals surface area (Å²) in [5.41, 5.74) is 1.43. The normalized spacial score (nSPS) is 15.7. The number of benzene rings is 2. The van der Waals surface area contributed by atoms with Crippen LogP contribution in [-0.4, -0.2) is 33.8 Å². The highest BCUT2D eigenvalue weighted by Gasteiger charge is 2.36. The molecule has 0 fully saturated rings. The number of fused-ring (bicyclic) bond motifs is 1. The molecule has 0 saturated heterocycles. The van der Waals surface area contributed by atoms with Crippen LogP contribution in [0.1, 0.15) is 38.9 Å². The first kappa shape index (κ1) is 22.1. The van der Waals surface area contributed by atoms with Crippen LogP contribution in [-0.2, 0) is 13.0 Å². The number of nitrogens with zero attached hydrogens (tertiary/aromatic N) is 4. The van der Waals surface area contributed by atoms with Crippen molar-refractivity contribution in [3.8, 4) is 6.07 Å². The fraction of sp³-hybridized carbons (Fsp3) is 0.217. The lowest BCUT2D eigenvalue weighted by Gasteiger charge is -2.34. The van der Waals surface area contributed by atoms with Crippen molar-refractivity contribution in [2.45, 2.75) is 32.1 Å². The zero-order chi connectivity index (χ0) is 23.8. The smallest absolute Gasteiger partial charge is 0.322 e. The van der Waals surface area contributed by atoms with E-state index in [2.05, 4.69) is 10.4 Å². The Morgan fingerprint density at radius 1 is 1.24 bits per heavy atom. The van der Waals surface area contributed by atoms with E-state index in [1.54, 1.807) is 25.1 Å². The minimum Gasteiger partial charge on any atom is -0.322 e. The molecule has 168 valence electrons. The second-order valence-corrected chi connectivity index (χ2v) is 7.72. The van der Waals surface area contributed by atoms with Crippen molar-refractivity contribution in [3.05, 3.63) is 77.1 Å². The number of carbonyl (C=O) groups excluding carboxylic acids is 2. The largest absolute Gasteiger partial charge is 0.393 e. The van der Waals surface area contributed by atoms with Gasteiger partial charge in [0.2, 0.25) is 0 Å². The van der Waals surface area contributed by atoms with Gasteiger partial charge in [-0.05, 0) is 42.8 Å². The van der Waals surface area contributed by atoms with Crippen molar-refractivity contribution >= 4 is 23.2 Å². The number of amides is 2. The zero-order valence-electron chi connectivity index (χ0n) is 17.4. The molecule has 0 saturated carbocycles. The van der Waals surface area contributed by atoms with E-state index in [4.69, 9.17) is 5.26 Å². The van der Waals surface area contributed by atoms with Crippen LogP contribution in [0.5, 0.6) is 0 Å². The molecule has 0 spiro atoms. The lowest BCUT2D eigenvalue weighted by molar-refractivity contribution is -0.127. The Morgan fingerprint density at radius 2 is 1.97 bits per heavy atom. The summed E-state index contributed by atoms with van der Waals surface area (Å²) in [7, 11) is 0. The van der Waals surface area contributed by atoms with Gasteiger partial charge < -0.3 is 10.2 Å². The summed E-state index contributed by atoms with van der Waals surface area (Å²) in [6.45, 7) is 2.10. The van der Waals surface area contributed by atoms with Crippen molar-refractivity contribution in [2.24, 2.45) is 0 Å². The Hall–Kier alpha value is -4.13. The van der Waals surface area contributed by atoms with Gasteiger partial charge in [0.25, 0.3) is 11.8 Å². The third kappa shape index (κ3) is 4.57. The van der Waals surface area contributed by atoms with Gasteiger partial charge in [0, 0.05) is 11.4 Å². The predicted octanol–water partition coefficient (Wildman–Crippen LogP) is 4.16. The molecule has 10 heteroatoms. The number of carbonyl (C=O) groups is 2. The molecular formula is C23H18F3N5O2. The first-order valence-corrected chi connectivity index (χ1v) is 10.0. The molecule has 1 atom stereocenters. The number of anilines is 2. The van der Waals surface area contributed by atoms with E-state index in [0.29, 0.717) is 23.5 Å². The summed E-state index contributed by atoms with van der Waals surface area (Å²) in [4.78, 5) is 27.7. The maximum Gasteiger partial charge on any atom is 0.393 e. The van der Waals surface area contributed by atoms with Gasteiger partial charge in [-0.3, -0.25) is 14.3 Å². The third-order valence-electron chi connectivity index (χ3n) is 5.25. The average Bonchev–Trinajstić information content (AvgIpc) is 3.18. The highest BCUT2D eigenvalue weighted by atomic mass is 19.4. The highest BCUT2D eigenvalue weighted by Crippen LogP contribution is 2.29. The molecule has 0 aliphatic carbocycles. The van der Waals surface area contributed by atoms with Crippen molar-refractivity contribution in [1.29, 1.82) is 5.26 Å². The second kappa shape index (κ2) is 8.43. The lowest BCUT2D eigenvalue weighted by Crippen LogP contribution is -2.47. The molecule has 33 heavy (non-hydrogen) atoms. The molecule has 2 amide bonds. The molecule has 0 bridgehead atoms. The number of aromatic nitrogens is 2. The highest BCUT2D eigenvalue weighted by molar-refractivity contribution is 6.15. The zero-order valence-corrected chi connectivity index (χ0v) is 17.4. The fourth-order valence-corrected chi connectivity index (χ4v) is 3.80. The Morgan fingerprint density at radius 3 is 2.64 bits per heavy atom. The molecule has 1 N–H and O–H groups in total. The van der Waals surface area contributed by atoms with Crippen LogP contribution in [0.25, 0.3) is 0 Å². The summed E-state index contributed by atoms with van der Waals surface area (Å²) < 4.78 is 39.4. The van der Waals surface area contributed by atoms with Crippen LogP contribution in [0.4, 0.5) is 24.5 Å². The quantitative estimate of drug-likeness (QED) is 0.642. The maximum atomic E-state index is 13.3. The topological polar surface area (TPSA) is 91.0 Å². The average molecular weight is 453 g/mol. The van der Waals surface area contributed by atoms with Crippen LogP contribution < -0.4 is 10.2 Å². The van der Waals surface area contributed by atoms with E-state index in [1.807, 2.05) is 6.07 Å². The van der Waals surface area contributed by atoms with Crippen molar-refractivity contribution in [1.82, 2.24) is 9.78 Å². The maximum absolute atomic E-state index is 13.3. The summed E-state index contributed by atoms with van der Waals surface area (Å²) in [5.74, 6) is -1.04. The molecule has 3 aromatic rings. The van der Waals surface area contributed by atoms with E-state index in [9.17, 15) is 22.8 Å². The molecule has 0 radical (unpaired) electrons. The van der Waals surface area contributed by atoms with Gasteiger partial charge in [-0.1, -0.05) is 18.2 Å². The van der Waals surface area contributed by atoms with Gasteiger partial charge >= 0.3 is 6.18 Å². The minimum absolute atomic E-state index is 0.0629. The van der Waals surface area contributed by atoms with Gasteiger partial charge in [0.05, 0.1) is 42.4 Å². The standard InChI is InChI=1S/C23H18F3N5O2/c1-14-13-30-20(19(12-28-30)21(32)29-17-4-2-3-16(9-17)11-27)22(33)31(14)18-7-5-15(6-8-18)10-23(24,25)26/h2-9,12,14H,10,13H2,1H3,(H,29,32). The van der Waals surface area contributed by atoms with Crippen LogP contribution in [0.15, 0.2) is 54.7 Å². The molecule has 4 rings (SSSR count). The van der Waals surface area contributed by atoms with Crippen molar-refractivity contribution in [3.63, 3.8) is 0 Å². The van der Waals surface area contributed by atoms with Crippen molar-refractivity contribution < 1.29 is 22.8 Å². The number of nitriles is 1. The molecule has 1 aromatic heterocycles. The Labute approximate surface area is 187 Å². The van der Waals surface area contributed by atoms with Crippen LogP contribution in [0, 0.1) is 11.3 Å². The molecule has 1 unspecified atom stereocenters. The monoisotopic (exact) mass is 453 g/mol.